The lowest BCUT2D eigenvalue weighted by Crippen LogP contribution is -2.06. The molecule has 14 heavy (non-hydrogen) atoms. The number of rotatable bonds is 2. The zero-order valence-corrected chi connectivity index (χ0v) is 8.07. The third-order valence-corrected chi connectivity index (χ3v) is 2.24. The molecule has 0 saturated heterocycles. The quantitative estimate of drug-likeness (QED) is 0.735. The molecule has 2 N–H and O–H groups in total. The van der Waals surface area contributed by atoms with E-state index in [2.05, 4.69) is 0 Å². The maximum absolute atomic E-state index is 13.3. The van der Waals surface area contributed by atoms with Crippen molar-refractivity contribution in [1.82, 2.24) is 0 Å². The lowest BCUT2D eigenvalue weighted by molar-refractivity contribution is 0.148. The van der Waals surface area contributed by atoms with Crippen LogP contribution in [0.4, 0.5) is 18.9 Å². The van der Waals surface area contributed by atoms with Gasteiger partial charge in [-0.3, -0.25) is 0 Å². The first-order chi connectivity index (χ1) is 6.43. The summed E-state index contributed by atoms with van der Waals surface area (Å²) in [5.41, 5.74) is 6.56. The minimum Gasteiger partial charge on any atom is -0.396 e. The van der Waals surface area contributed by atoms with Gasteiger partial charge in [0.05, 0.1) is 5.69 Å². The van der Waals surface area contributed by atoms with E-state index < -0.39 is 18.7 Å². The zero-order chi connectivity index (χ0) is 10.9. The van der Waals surface area contributed by atoms with Crippen LogP contribution in [0.1, 0.15) is 16.7 Å². The molecule has 78 valence electrons. The van der Waals surface area contributed by atoms with Crippen LogP contribution in [0.2, 0.25) is 0 Å². The van der Waals surface area contributed by atoms with Gasteiger partial charge in [0.2, 0.25) is 6.43 Å². The van der Waals surface area contributed by atoms with Crippen molar-refractivity contribution in [2.75, 3.05) is 5.73 Å². The Bertz CT molecular complexity index is 348. The summed E-state index contributed by atoms with van der Waals surface area (Å²) >= 11 is 0. The highest BCUT2D eigenvalue weighted by molar-refractivity contribution is 5.50. The average molecular weight is 203 g/mol. The fraction of sp³-hybridized carbons (Fsp3) is 0.400. The molecule has 0 atom stereocenters. The third kappa shape index (κ3) is 2.00. The Morgan fingerprint density at radius 2 is 1.93 bits per heavy atom. The molecule has 1 rings (SSSR count). The smallest absolute Gasteiger partial charge is 0.242 e. The number of nitrogen functional groups attached to an aromatic ring is 1. The first kappa shape index (κ1) is 10.9. The summed E-state index contributed by atoms with van der Waals surface area (Å²) in [4.78, 5) is 0. The minimum absolute atomic E-state index is 0.0121. The van der Waals surface area contributed by atoms with Crippen LogP contribution in [0.5, 0.6) is 0 Å². The van der Waals surface area contributed by atoms with Gasteiger partial charge < -0.3 is 5.73 Å². The van der Waals surface area contributed by atoms with Gasteiger partial charge in [0.15, 0.2) is 0 Å². The van der Waals surface area contributed by atoms with Gasteiger partial charge in [0.1, 0.15) is 5.82 Å². The molecule has 1 nitrogen and oxygen atoms in total. The van der Waals surface area contributed by atoms with Gasteiger partial charge in [0.25, 0.3) is 0 Å². The molecule has 0 aliphatic carbocycles. The largest absolute Gasteiger partial charge is 0.396 e. The second kappa shape index (κ2) is 3.90. The van der Waals surface area contributed by atoms with Crippen LogP contribution in [-0.4, -0.2) is 6.43 Å². The molecule has 0 heterocycles. The van der Waals surface area contributed by atoms with E-state index in [9.17, 15) is 13.2 Å². The first-order valence-corrected chi connectivity index (χ1v) is 4.25. The Balaban J connectivity index is 3.22. The summed E-state index contributed by atoms with van der Waals surface area (Å²) < 4.78 is 37.6. The van der Waals surface area contributed by atoms with Crippen molar-refractivity contribution in [3.63, 3.8) is 0 Å². The number of hydrogen-bond donors (Lipinski definition) is 1. The molecular weight excluding hydrogens is 191 g/mol. The van der Waals surface area contributed by atoms with Crippen LogP contribution < -0.4 is 5.73 Å². The molecule has 0 unspecified atom stereocenters. The molecule has 0 fully saturated rings. The number of alkyl halides is 2. The molecule has 0 radical (unpaired) electrons. The molecule has 0 bridgehead atoms. The van der Waals surface area contributed by atoms with E-state index in [0.29, 0.717) is 11.1 Å². The molecule has 0 aromatic heterocycles. The second-order valence-corrected chi connectivity index (χ2v) is 3.30. The predicted octanol–water partition coefficient (Wildman–Crippen LogP) is 2.83. The van der Waals surface area contributed by atoms with Crippen molar-refractivity contribution >= 4 is 5.69 Å². The van der Waals surface area contributed by atoms with E-state index in [4.69, 9.17) is 5.73 Å². The van der Waals surface area contributed by atoms with Gasteiger partial charge in [-0.1, -0.05) is 0 Å². The van der Waals surface area contributed by atoms with Crippen molar-refractivity contribution < 1.29 is 13.2 Å². The summed E-state index contributed by atoms with van der Waals surface area (Å²) in [6, 6.07) is 1.39. The molecule has 0 aliphatic heterocycles. The molecule has 0 aliphatic rings. The van der Waals surface area contributed by atoms with Gasteiger partial charge in [0, 0.05) is 6.42 Å². The highest BCUT2D eigenvalue weighted by Crippen LogP contribution is 2.24. The maximum atomic E-state index is 13.3. The van der Waals surface area contributed by atoms with Gasteiger partial charge in [-0.15, -0.1) is 0 Å². The van der Waals surface area contributed by atoms with Crippen LogP contribution in [-0.2, 0) is 6.42 Å². The van der Waals surface area contributed by atoms with Gasteiger partial charge in [-0.2, -0.15) is 0 Å². The lowest BCUT2D eigenvalue weighted by atomic mass is 9.98. The number of halogens is 3. The molecule has 0 amide bonds. The van der Waals surface area contributed by atoms with E-state index in [-0.39, 0.29) is 11.3 Å². The number of nitrogens with two attached hydrogens (primary N) is 1. The summed E-state index contributed by atoms with van der Waals surface area (Å²) in [6.45, 7) is 3.12. The summed E-state index contributed by atoms with van der Waals surface area (Å²) in [5.74, 6) is -0.591. The highest BCUT2D eigenvalue weighted by Gasteiger charge is 2.14. The first-order valence-electron chi connectivity index (χ1n) is 4.25. The van der Waals surface area contributed by atoms with Crippen LogP contribution >= 0.6 is 0 Å². The minimum atomic E-state index is -2.46. The Hall–Kier alpha value is -1.19. The predicted molar refractivity (Wildman–Crippen MR) is 50.0 cm³/mol. The summed E-state index contributed by atoms with van der Waals surface area (Å²) in [7, 11) is 0. The zero-order valence-electron chi connectivity index (χ0n) is 8.07. The van der Waals surface area contributed by atoms with Gasteiger partial charge in [-0.25, -0.2) is 13.2 Å². The third-order valence-electron chi connectivity index (χ3n) is 2.24. The fourth-order valence-corrected chi connectivity index (χ4v) is 1.50. The summed E-state index contributed by atoms with van der Waals surface area (Å²) in [6.07, 6.45) is -2.88. The monoisotopic (exact) mass is 203 g/mol. The Kier molecular flexibility index (Phi) is 3.03. The number of hydrogen-bond acceptors (Lipinski definition) is 1. The molecular formula is C10H12F3N. The number of anilines is 1. The van der Waals surface area contributed by atoms with Crippen LogP contribution in [0.25, 0.3) is 0 Å². The summed E-state index contributed by atoms with van der Waals surface area (Å²) in [5, 5.41) is 0. The van der Waals surface area contributed by atoms with Gasteiger partial charge >= 0.3 is 0 Å². The number of benzene rings is 1. The van der Waals surface area contributed by atoms with E-state index in [1.165, 1.54) is 13.0 Å². The highest BCUT2D eigenvalue weighted by atomic mass is 19.3. The molecule has 4 heteroatoms. The van der Waals surface area contributed by atoms with Crippen molar-refractivity contribution in [3.05, 3.63) is 28.6 Å². The molecule has 1 aromatic carbocycles. The molecule has 1 aromatic rings. The topological polar surface area (TPSA) is 26.0 Å². The Morgan fingerprint density at radius 3 is 2.43 bits per heavy atom. The van der Waals surface area contributed by atoms with E-state index in [0.717, 1.165) is 0 Å². The van der Waals surface area contributed by atoms with E-state index in [1.807, 2.05) is 0 Å². The van der Waals surface area contributed by atoms with Crippen molar-refractivity contribution in [3.8, 4) is 0 Å². The maximum Gasteiger partial charge on any atom is 0.242 e. The lowest BCUT2D eigenvalue weighted by Gasteiger charge is -2.11. The van der Waals surface area contributed by atoms with Crippen LogP contribution in [0.15, 0.2) is 6.07 Å². The fourth-order valence-electron chi connectivity index (χ4n) is 1.50. The van der Waals surface area contributed by atoms with E-state index >= 15 is 0 Å². The van der Waals surface area contributed by atoms with Gasteiger partial charge in [-0.05, 0) is 36.6 Å². The standard InChI is InChI=1S/C10H12F3N/c1-5-3-8(14)10(13)6(2)7(5)4-9(11)12/h3,9H,4,14H2,1-2H3. The second-order valence-electron chi connectivity index (χ2n) is 3.30. The van der Waals surface area contributed by atoms with Crippen molar-refractivity contribution in [1.29, 1.82) is 0 Å². The van der Waals surface area contributed by atoms with E-state index in [1.54, 1.807) is 6.92 Å². The van der Waals surface area contributed by atoms with Crippen LogP contribution in [0, 0.1) is 19.7 Å². The Labute approximate surface area is 80.7 Å². The molecule has 0 saturated carbocycles. The normalized spacial score (nSPS) is 11.0. The SMILES string of the molecule is Cc1cc(N)c(F)c(C)c1CC(F)F. The Morgan fingerprint density at radius 1 is 1.36 bits per heavy atom. The van der Waals surface area contributed by atoms with Crippen molar-refractivity contribution in [2.24, 2.45) is 0 Å². The van der Waals surface area contributed by atoms with Crippen LogP contribution in [0.3, 0.4) is 0 Å². The van der Waals surface area contributed by atoms with Crippen molar-refractivity contribution in [2.45, 2.75) is 26.7 Å². The number of aryl methyl sites for hydroxylation is 1. The average Bonchev–Trinajstić information content (AvgIpc) is 2.09. The molecule has 0 spiro atoms.